The Labute approximate surface area is 139 Å². The predicted molar refractivity (Wildman–Crippen MR) is 90.2 cm³/mol. The number of halogens is 1. The van der Waals surface area contributed by atoms with Crippen LogP contribution in [0.25, 0.3) is 0 Å². The van der Waals surface area contributed by atoms with Crippen LogP contribution in [-0.2, 0) is 16.1 Å². The Morgan fingerprint density at radius 2 is 1.70 bits per heavy atom. The lowest BCUT2D eigenvalue weighted by atomic mass is 10.2. The molecule has 0 aliphatic rings. The lowest BCUT2D eigenvalue weighted by Crippen LogP contribution is -2.37. The number of aryl methyl sites for hydroxylation is 1. The van der Waals surface area contributed by atoms with Crippen LogP contribution in [0.1, 0.15) is 16.7 Å². The standard InChI is InChI=1S/C17H16ClN3O2/c1-12-2-4-14(5-3-12)11-20-21-17(23)16(22)19-10-13-6-8-15(18)9-7-13/h2-9,11H,10H2,1H3,(H,19,22)(H,21,23)/b20-11-. The summed E-state index contributed by atoms with van der Waals surface area (Å²) in [5, 5.41) is 6.88. The van der Waals surface area contributed by atoms with Crippen LogP contribution in [0.5, 0.6) is 0 Å². The van der Waals surface area contributed by atoms with Gasteiger partial charge in [0.1, 0.15) is 0 Å². The minimum absolute atomic E-state index is 0.241. The molecule has 0 saturated heterocycles. The summed E-state index contributed by atoms with van der Waals surface area (Å²) in [6, 6.07) is 14.6. The topological polar surface area (TPSA) is 70.6 Å². The highest BCUT2D eigenvalue weighted by atomic mass is 35.5. The molecule has 6 heteroatoms. The molecule has 0 aliphatic heterocycles. The maximum absolute atomic E-state index is 11.6. The van der Waals surface area contributed by atoms with Crippen molar-refractivity contribution in [1.82, 2.24) is 10.7 Å². The first kappa shape index (κ1) is 16.7. The first-order valence-corrected chi connectivity index (χ1v) is 7.35. The fourth-order valence-electron chi connectivity index (χ4n) is 1.73. The molecule has 5 nitrogen and oxygen atoms in total. The number of carbonyl (C=O) groups is 2. The van der Waals surface area contributed by atoms with E-state index in [1.807, 2.05) is 31.2 Å². The zero-order valence-corrected chi connectivity index (χ0v) is 13.3. The molecule has 0 saturated carbocycles. The third-order valence-electron chi connectivity index (χ3n) is 3.03. The van der Waals surface area contributed by atoms with E-state index in [9.17, 15) is 9.59 Å². The van der Waals surface area contributed by atoms with Crippen molar-refractivity contribution < 1.29 is 9.59 Å². The van der Waals surface area contributed by atoms with E-state index in [2.05, 4.69) is 15.8 Å². The number of hydrogen-bond donors (Lipinski definition) is 2. The van der Waals surface area contributed by atoms with Crippen molar-refractivity contribution in [3.8, 4) is 0 Å². The second kappa shape index (κ2) is 8.10. The van der Waals surface area contributed by atoms with Crippen molar-refractivity contribution in [2.24, 2.45) is 5.10 Å². The molecule has 2 amide bonds. The minimum Gasteiger partial charge on any atom is -0.344 e. The average molecular weight is 330 g/mol. The first-order valence-electron chi connectivity index (χ1n) is 6.97. The Kier molecular flexibility index (Phi) is 5.88. The summed E-state index contributed by atoms with van der Waals surface area (Å²) in [6.07, 6.45) is 1.48. The Hall–Kier alpha value is -2.66. The molecule has 0 fully saturated rings. The Balaban J connectivity index is 1.79. The predicted octanol–water partition coefficient (Wildman–Crippen LogP) is 2.41. The number of benzene rings is 2. The molecule has 2 rings (SSSR count). The van der Waals surface area contributed by atoms with Gasteiger partial charge in [0.2, 0.25) is 0 Å². The van der Waals surface area contributed by atoms with Gasteiger partial charge < -0.3 is 5.32 Å². The molecule has 0 aliphatic carbocycles. The molecule has 0 bridgehead atoms. The summed E-state index contributed by atoms with van der Waals surface area (Å²) in [5.41, 5.74) is 5.00. The number of amides is 2. The van der Waals surface area contributed by atoms with Gasteiger partial charge in [-0.2, -0.15) is 5.10 Å². The van der Waals surface area contributed by atoms with E-state index in [1.54, 1.807) is 24.3 Å². The van der Waals surface area contributed by atoms with Crippen molar-refractivity contribution in [3.05, 3.63) is 70.2 Å². The summed E-state index contributed by atoms with van der Waals surface area (Å²) in [5.74, 6) is -1.57. The van der Waals surface area contributed by atoms with Gasteiger partial charge in [0, 0.05) is 11.6 Å². The molecule has 23 heavy (non-hydrogen) atoms. The Morgan fingerprint density at radius 3 is 2.35 bits per heavy atom. The van der Waals surface area contributed by atoms with E-state index in [4.69, 9.17) is 11.6 Å². The highest BCUT2D eigenvalue weighted by molar-refractivity contribution is 6.35. The van der Waals surface area contributed by atoms with Crippen LogP contribution in [0.15, 0.2) is 53.6 Å². The second-order valence-electron chi connectivity index (χ2n) is 4.92. The highest BCUT2D eigenvalue weighted by Gasteiger charge is 2.11. The van der Waals surface area contributed by atoms with Crippen LogP contribution < -0.4 is 10.7 Å². The second-order valence-corrected chi connectivity index (χ2v) is 5.36. The molecular weight excluding hydrogens is 314 g/mol. The lowest BCUT2D eigenvalue weighted by molar-refractivity contribution is -0.139. The first-order chi connectivity index (χ1) is 11.0. The molecule has 0 atom stereocenters. The fourth-order valence-corrected chi connectivity index (χ4v) is 1.86. The summed E-state index contributed by atoms with van der Waals surface area (Å²) < 4.78 is 0. The van der Waals surface area contributed by atoms with E-state index in [-0.39, 0.29) is 6.54 Å². The average Bonchev–Trinajstić information content (AvgIpc) is 2.55. The van der Waals surface area contributed by atoms with E-state index in [0.29, 0.717) is 5.02 Å². The van der Waals surface area contributed by atoms with Gasteiger partial charge in [-0.15, -0.1) is 0 Å². The van der Waals surface area contributed by atoms with Gasteiger partial charge in [0.05, 0.1) is 6.21 Å². The van der Waals surface area contributed by atoms with Crippen LogP contribution in [0.3, 0.4) is 0 Å². The molecule has 0 spiro atoms. The largest absolute Gasteiger partial charge is 0.344 e. The van der Waals surface area contributed by atoms with Gasteiger partial charge in [0.25, 0.3) is 0 Å². The van der Waals surface area contributed by atoms with Crippen molar-refractivity contribution >= 4 is 29.6 Å². The van der Waals surface area contributed by atoms with E-state index >= 15 is 0 Å². The number of nitrogens with one attached hydrogen (secondary N) is 2. The fraction of sp³-hybridized carbons (Fsp3) is 0.118. The highest BCUT2D eigenvalue weighted by Crippen LogP contribution is 2.09. The summed E-state index contributed by atoms with van der Waals surface area (Å²) >= 11 is 5.77. The monoisotopic (exact) mass is 329 g/mol. The van der Waals surface area contributed by atoms with Gasteiger partial charge in [-0.3, -0.25) is 9.59 Å². The normalized spacial score (nSPS) is 10.5. The Bertz CT molecular complexity index is 710. The minimum atomic E-state index is -0.817. The van der Waals surface area contributed by atoms with Crippen molar-refractivity contribution in [2.75, 3.05) is 0 Å². The smallest absolute Gasteiger partial charge is 0.329 e. The molecule has 0 radical (unpaired) electrons. The van der Waals surface area contributed by atoms with Gasteiger partial charge in [0.15, 0.2) is 0 Å². The van der Waals surface area contributed by atoms with Gasteiger partial charge in [-0.1, -0.05) is 53.6 Å². The number of rotatable bonds is 4. The third-order valence-corrected chi connectivity index (χ3v) is 3.28. The molecule has 118 valence electrons. The molecular formula is C17H16ClN3O2. The van der Waals surface area contributed by atoms with Crippen molar-refractivity contribution in [1.29, 1.82) is 0 Å². The molecule has 0 heterocycles. The van der Waals surface area contributed by atoms with Crippen LogP contribution in [0.4, 0.5) is 0 Å². The maximum Gasteiger partial charge on any atom is 0.329 e. The zero-order chi connectivity index (χ0) is 16.7. The molecule has 2 N–H and O–H groups in total. The summed E-state index contributed by atoms with van der Waals surface area (Å²) in [7, 11) is 0. The molecule has 0 unspecified atom stereocenters. The van der Waals surface area contributed by atoms with E-state index < -0.39 is 11.8 Å². The number of hydrazone groups is 1. The van der Waals surface area contributed by atoms with Crippen molar-refractivity contribution in [2.45, 2.75) is 13.5 Å². The van der Waals surface area contributed by atoms with Crippen LogP contribution in [0, 0.1) is 6.92 Å². The lowest BCUT2D eigenvalue weighted by Gasteiger charge is -2.04. The third kappa shape index (κ3) is 5.56. The summed E-state index contributed by atoms with van der Waals surface area (Å²) in [6.45, 7) is 2.22. The van der Waals surface area contributed by atoms with Gasteiger partial charge >= 0.3 is 11.8 Å². The van der Waals surface area contributed by atoms with Crippen LogP contribution in [0.2, 0.25) is 5.02 Å². The zero-order valence-electron chi connectivity index (χ0n) is 12.5. The van der Waals surface area contributed by atoms with E-state index in [1.165, 1.54) is 6.21 Å². The quantitative estimate of drug-likeness (QED) is 0.514. The maximum atomic E-state index is 11.6. The molecule has 2 aromatic carbocycles. The number of hydrogen-bond acceptors (Lipinski definition) is 3. The Morgan fingerprint density at radius 1 is 1.04 bits per heavy atom. The number of carbonyl (C=O) groups excluding carboxylic acids is 2. The number of nitrogens with zero attached hydrogens (tertiary/aromatic N) is 1. The summed E-state index contributed by atoms with van der Waals surface area (Å²) in [4.78, 5) is 23.3. The van der Waals surface area contributed by atoms with Gasteiger partial charge in [-0.05, 0) is 30.2 Å². The molecule has 0 aromatic heterocycles. The molecule has 2 aromatic rings. The van der Waals surface area contributed by atoms with Crippen molar-refractivity contribution in [3.63, 3.8) is 0 Å². The van der Waals surface area contributed by atoms with Crippen LogP contribution >= 0.6 is 11.6 Å². The van der Waals surface area contributed by atoms with Crippen LogP contribution in [-0.4, -0.2) is 18.0 Å². The van der Waals surface area contributed by atoms with Gasteiger partial charge in [-0.25, -0.2) is 5.43 Å². The SMILES string of the molecule is Cc1ccc(/C=N\NC(=O)C(=O)NCc2ccc(Cl)cc2)cc1. The van der Waals surface area contributed by atoms with E-state index in [0.717, 1.165) is 16.7 Å².